The van der Waals surface area contributed by atoms with E-state index < -0.39 is 0 Å². The summed E-state index contributed by atoms with van der Waals surface area (Å²) in [6.45, 7) is 4.14. The van der Waals surface area contributed by atoms with Crippen molar-refractivity contribution in [3.8, 4) is 11.3 Å². The lowest BCUT2D eigenvalue weighted by molar-refractivity contribution is 0.618. The lowest BCUT2D eigenvalue weighted by atomic mass is 10.1. The van der Waals surface area contributed by atoms with Gasteiger partial charge in [0.25, 0.3) is 0 Å². The predicted octanol–water partition coefficient (Wildman–Crippen LogP) is 3.44. The highest BCUT2D eigenvalue weighted by atomic mass is 79.9. The molecular formula is C13H14BrN3. The number of aromatic nitrogens is 2. The molecule has 0 radical (unpaired) electrons. The number of anilines is 1. The minimum Gasteiger partial charge on any atom is -0.356 e. The number of hydrogen-bond acceptors (Lipinski definition) is 2. The molecule has 0 amide bonds. The lowest BCUT2D eigenvalue weighted by Crippen LogP contribution is -2.17. The van der Waals surface area contributed by atoms with E-state index in [0.717, 1.165) is 41.3 Å². The number of hydrogen-bond donors (Lipinski definition) is 1. The van der Waals surface area contributed by atoms with Gasteiger partial charge in [-0.15, -0.1) is 0 Å². The second-order valence-corrected chi connectivity index (χ2v) is 5.12. The Bertz CT molecular complexity index is 543. The highest BCUT2D eigenvalue weighted by Crippen LogP contribution is 2.32. The van der Waals surface area contributed by atoms with Crippen molar-refractivity contribution in [1.29, 1.82) is 0 Å². The average molecular weight is 292 g/mol. The van der Waals surface area contributed by atoms with Gasteiger partial charge in [0.05, 0.1) is 0 Å². The molecule has 0 atom stereocenters. The second-order valence-electron chi connectivity index (χ2n) is 4.37. The summed E-state index contributed by atoms with van der Waals surface area (Å²) in [7, 11) is 0. The summed E-state index contributed by atoms with van der Waals surface area (Å²) in [6.07, 6.45) is 1.15. The molecule has 1 aromatic heterocycles. The van der Waals surface area contributed by atoms with Crippen molar-refractivity contribution in [3.63, 3.8) is 0 Å². The topological polar surface area (TPSA) is 29.9 Å². The fourth-order valence-electron chi connectivity index (χ4n) is 2.10. The van der Waals surface area contributed by atoms with Gasteiger partial charge in [-0.3, -0.25) is 0 Å². The summed E-state index contributed by atoms with van der Waals surface area (Å²) < 4.78 is 3.27. The van der Waals surface area contributed by atoms with Gasteiger partial charge in [0.2, 0.25) is 5.95 Å². The van der Waals surface area contributed by atoms with Crippen LogP contribution < -0.4 is 5.32 Å². The Labute approximate surface area is 109 Å². The van der Waals surface area contributed by atoms with Crippen molar-refractivity contribution in [2.24, 2.45) is 0 Å². The highest BCUT2D eigenvalue weighted by Gasteiger charge is 2.18. The molecule has 0 fully saturated rings. The van der Waals surface area contributed by atoms with Crippen LogP contribution in [0.1, 0.15) is 12.0 Å². The van der Waals surface area contributed by atoms with Gasteiger partial charge in [0.15, 0.2) is 0 Å². The molecule has 0 saturated heterocycles. The van der Waals surface area contributed by atoms with Gasteiger partial charge in [-0.25, -0.2) is 4.98 Å². The quantitative estimate of drug-likeness (QED) is 0.872. The third-order valence-electron chi connectivity index (χ3n) is 3.07. The van der Waals surface area contributed by atoms with Gasteiger partial charge in [0, 0.05) is 18.7 Å². The van der Waals surface area contributed by atoms with E-state index in [1.54, 1.807) is 0 Å². The number of aryl methyl sites for hydroxylation is 1. The van der Waals surface area contributed by atoms with E-state index in [1.165, 1.54) is 5.56 Å². The van der Waals surface area contributed by atoms with Crippen LogP contribution in [-0.4, -0.2) is 16.1 Å². The number of halogens is 1. The third-order valence-corrected chi connectivity index (χ3v) is 3.88. The lowest BCUT2D eigenvalue weighted by Gasteiger charge is -2.15. The Morgan fingerprint density at radius 2 is 2.06 bits per heavy atom. The van der Waals surface area contributed by atoms with Gasteiger partial charge < -0.3 is 9.88 Å². The molecule has 0 saturated carbocycles. The summed E-state index contributed by atoms with van der Waals surface area (Å²) in [5.41, 5.74) is 3.45. The summed E-state index contributed by atoms with van der Waals surface area (Å²) >= 11 is 3.65. The smallest absolute Gasteiger partial charge is 0.204 e. The Kier molecular flexibility index (Phi) is 2.67. The molecule has 3 nitrogen and oxygen atoms in total. The Morgan fingerprint density at radius 1 is 1.29 bits per heavy atom. The first-order chi connectivity index (χ1) is 8.25. The number of nitrogens with zero attached hydrogens (tertiary/aromatic N) is 2. The van der Waals surface area contributed by atoms with Gasteiger partial charge in [0.1, 0.15) is 10.3 Å². The van der Waals surface area contributed by atoms with Crippen LogP contribution in [-0.2, 0) is 6.54 Å². The van der Waals surface area contributed by atoms with Gasteiger partial charge in [-0.05, 0) is 29.3 Å². The predicted molar refractivity (Wildman–Crippen MR) is 73.2 cm³/mol. The Morgan fingerprint density at radius 3 is 2.76 bits per heavy atom. The Hall–Kier alpha value is -1.29. The van der Waals surface area contributed by atoms with Crippen molar-refractivity contribution >= 4 is 21.9 Å². The first kappa shape index (κ1) is 10.8. The zero-order valence-corrected chi connectivity index (χ0v) is 11.3. The normalized spacial score (nSPS) is 14.2. The summed E-state index contributed by atoms with van der Waals surface area (Å²) in [6, 6.07) is 8.48. The maximum atomic E-state index is 4.66. The number of rotatable bonds is 1. The third kappa shape index (κ3) is 1.86. The van der Waals surface area contributed by atoms with Crippen LogP contribution >= 0.6 is 15.9 Å². The first-order valence-corrected chi connectivity index (χ1v) is 6.62. The van der Waals surface area contributed by atoms with E-state index in [4.69, 9.17) is 0 Å². The van der Waals surface area contributed by atoms with Crippen LogP contribution in [0.15, 0.2) is 28.9 Å². The molecule has 88 valence electrons. The molecule has 1 aromatic carbocycles. The molecule has 1 N–H and O–H groups in total. The van der Waals surface area contributed by atoms with Crippen LogP contribution in [0, 0.1) is 6.92 Å². The zero-order chi connectivity index (χ0) is 11.8. The molecule has 0 aliphatic carbocycles. The van der Waals surface area contributed by atoms with Crippen LogP contribution in [0.5, 0.6) is 0 Å². The largest absolute Gasteiger partial charge is 0.356 e. The van der Waals surface area contributed by atoms with Gasteiger partial charge >= 0.3 is 0 Å². The molecule has 4 heteroatoms. The zero-order valence-electron chi connectivity index (χ0n) is 9.70. The SMILES string of the molecule is Cc1ccc(-c2nc3n(c2Br)CCCN3)cc1. The monoisotopic (exact) mass is 291 g/mol. The van der Waals surface area contributed by atoms with E-state index in [9.17, 15) is 0 Å². The van der Waals surface area contributed by atoms with Crippen molar-refractivity contribution < 1.29 is 0 Å². The standard InChI is InChI=1S/C13H14BrN3/c1-9-3-5-10(6-4-9)11-12(14)17-8-2-7-15-13(17)16-11/h3-6H,2,7-8H2,1H3,(H,15,16). The van der Waals surface area contributed by atoms with E-state index in [0.29, 0.717) is 0 Å². The summed E-state index contributed by atoms with van der Waals surface area (Å²) in [5, 5.41) is 3.33. The van der Waals surface area contributed by atoms with Crippen LogP contribution in [0.4, 0.5) is 5.95 Å². The fourth-order valence-corrected chi connectivity index (χ4v) is 2.77. The molecule has 2 aromatic rings. The maximum Gasteiger partial charge on any atom is 0.204 e. The molecule has 1 aliphatic rings. The van der Waals surface area contributed by atoms with E-state index in [1.807, 2.05) is 0 Å². The minimum absolute atomic E-state index is 0.971. The number of imidazole rings is 1. The average Bonchev–Trinajstić information content (AvgIpc) is 2.69. The van der Waals surface area contributed by atoms with Crippen molar-refractivity contribution in [1.82, 2.24) is 9.55 Å². The van der Waals surface area contributed by atoms with Crippen LogP contribution in [0.3, 0.4) is 0 Å². The molecule has 0 unspecified atom stereocenters. The van der Waals surface area contributed by atoms with E-state index >= 15 is 0 Å². The van der Waals surface area contributed by atoms with Crippen molar-refractivity contribution in [2.45, 2.75) is 19.9 Å². The van der Waals surface area contributed by atoms with Crippen molar-refractivity contribution in [2.75, 3.05) is 11.9 Å². The van der Waals surface area contributed by atoms with E-state index in [2.05, 4.69) is 62.0 Å². The molecule has 17 heavy (non-hydrogen) atoms. The fraction of sp³-hybridized carbons (Fsp3) is 0.308. The molecule has 2 heterocycles. The highest BCUT2D eigenvalue weighted by molar-refractivity contribution is 9.10. The van der Waals surface area contributed by atoms with Crippen LogP contribution in [0.2, 0.25) is 0 Å². The molecule has 1 aliphatic heterocycles. The van der Waals surface area contributed by atoms with Gasteiger partial charge in [-0.1, -0.05) is 29.8 Å². The molecule has 3 rings (SSSR count). The summed E-state index contributed by atoms with van der Waals surface area (Å²) in [5.74, 6) is 0.971. The molecular weight excluding hydrogens is 278 g/mol. The number of benzene rings is 1. The molecule has 0 spiro atoms. The maximum absolute atomic E-state index is 4.66. The van der Waals surface area contributed by atoms with Crippen molar-refractivity contribution in [3.05, 3.63) is 34.4 Å². The summed E-state index contributed by atoms with van der Waals surface area (Å²) in [4.78, 5) is 4.66. The van der Waals surface area contributed by atoms with E-state index in [-0.39, 0.29) is 0 Å². The first-order valence-electron chi connectivity index (χ1n) is 5.82. The second kappa shape index (κ2) is 4.18. The Balaban J connectivity index is 2.09. The minimum atomic E-state index is 0.971. The molecule has 0 bridgehead atoms. The number of nitrogens with one attached hydrogen (secondary N) is 1. The number of fused-ring (bicyclic) bond motifs is 1. The van der Waals surface area contributed by atoms with Crippen LogP contribution in [0.25, 0.3) is 11.3 Å². The van der Waals surface area contributed by atoms with Gasteiger partial charge in [-0.2, -0.15) is 0 Å².